The van der Waals surface area contributed by atoms with Crippen LogP contribution >= 0.6 is 12.6 Å². The largest absolute Gasteiger partial charge is 0.358 e. The molecule has 62 valence electrons. The van der Waals surface area contributed by atoms with Crippen LogP contribution in [0.2, 0.25) is 0 Å². The van der Waals surface area contributed by atoms with Crippen LogP contribution in [0.5, 0.6) is 0 Å². The highest BCUT2D eigenvalue weighted by Crippen LogP contribution is 2.09. The number of hydrogen-bond acceptors (Lipinski definition) is 4. The van der Waals surface area contributed by atoms with E-state index < -0.39 is 4.92 Å². The topological polar surface area (TPSA) is 71.8 Å². The van der Waals surface area contributed by atoms with Gasteiger partial charge in [-0.25, -0.2) is 4.98 Å². The number of aromatic amines is 1. The monoisotopic (exact) mass is 183 g/mol. The molecule has 12 heavy (non-hydrogen) atoms. The Kier molecular flexibility index (Phi) is 2.71. The van der Waals surface area contributed by atoms with E-state index in [9.17, 15) is 10.1 Å². The Balaban J connectivity index is 2.99. The molecule has 1 rings (SSSR count). The van der Waals surface area contributed by atoms with Gasteiger partial charge in [-0.15, -0.1) is 0 Å². The van der Waals surface area contributed by atoms with Crippen LogP contribution in [0.3, 0.4) is 0 Å². The first-order chi connectivity index (χ1) is 5.75. The van der Waals surface area contributed by atoms with Gasteiger partial charge in [0.25, 0.3) is 0 Å². The molecule has 0 spiro atoms. The molecule has 0 aliphatic rings. The number of nitro groups is 1. The van der Waals surface area contributed by atoms with E-state index in [0.717, 1.165) is 0 Å². The summed E-state index contributed by atoms with van der Waals surface area (Å²) in [7, 11) is 0. The molecule has 0 saturated carbocycles. The second-order valence-corrected chi connectivity index (χ2v) is 2.13. The predicted octanol–water partition coefficient (Wildman–Crippen LogP) is 0.599. The molecule has 0 aromatic carbocycles. The van der Waals surface area contributed by atoms with Gasteiger partial charge in [-0.1, -0.05) is 5.92 Å². The van der Waals surface area contributed by atoms with E-state index in [2.05, 4.69) is 34.4 Å². The molecule has 5 nitrogen and oxygen atoms in total. The van der Waals surface area contributed by atoms with E-state index in [1.807, 2.05) is 0 Å². The van der Waals surface area contributed by atoms with Gasteiger partial charge >= 0.3 is 5.82 Å². The Bertz CT molecular complexity index is 349. The standard InChI is InChI=1S/C6H5N3O2S/c10-9(11)6-5(2-1-3-12)7-4-8-6/h4,12H,3H2,(H,7,8). The summed E-state index contributed by atoms with van der Waals surface area (Å²) in [6, 6.07) is 0. The van der Waals surface area contributed by atoms with E-state index >= 15 is 0 Å². The summed E-state index contributed by atoms with van der Waals surface area (Å²) in [5, 5.41) is 10.3. The van der Waals surface area contributed by atoms with E-state index in [4.69, 9.17) is 0 Å². The van der Waals surface area contributed by atoms with Crippen LogP contribution in [0.15, 0.2) is 6.33 Å². The third kappa shape index (κ3) is 1.77. The zero-order valence-electron chi connectivity index (χ0n) is 5.94. The molecule has 0 saturated heterocycles. The lowest BCUT2D eigenvalue weighted by Crippen LogP contribution is -1.90. The molecule has 0 bridgehead atoms. The lowest BCUT2D eigenvalue weighted by molar-refractivity contribution is -0.389. The maximum Gasteiger partial charge on any atom is 0.356 e. The number of nitrogens with one attached hydrogen (secondary N) is 1. The van der Waals surface area contributed by atoms with Crippen molar-refractivity contribution in [2.45, 2.75) is 0 Å². The minimum Gasteiger partial charge on any atom is -0.358 e. The van der Waals surface area contributed by atoms with E-state index in [0.29, 0.717) is 5.75 Å². The fraction of sp³-hybridized carbons (Fsp3) is 0.167. The molecule has 0 fully saturated rings. The number of nitrogens with zero attached hydrogens (tertiary/aromatic N) is 2. The molecular weight excluding hydrogens is 178 g/mol. The van der Waals surface area contributed by atoms with Crippen LogP contribution in [0, 0.1) is 22.0 Å². The van der Waals surface area contributed by atoms with Crippen molar-refractivity contribution >= 4 is 18.4 Å². The van der Waals surface area contributed by atoms with Gasteiger partial charge in [-0.2, -0.15) is 17.6 Å². The van der Waals surface area contributed by atoms with Crippen LogP contribution in [0.25, 0.3) is 0 Å². The number of rotatable bonds is 1. The van der Waals surface area contributed by atoms with Crippen LogP contribution in [0.4, 0.5) is 5.82 Å². The summed E-state index contributed by atoms with van der Waals surface area (Å²) in [5.74, 6) is 5.26. The molecule has 0 unspecified atom stereocenters. The zero-order chi connectivity index (χ0) is 8.97. The molecule has 0 aliphatic carbocycles. The van der Waals surface area contributed by atoms with E-state index in [1.54, 1.807) is 0 Å². The van der Waals surface area contributed by atoms with Gasteiger partial charge in [0, 0.05) is 0 Å². The highest BCUT2D eigenvalue weighted by atomic mass is 32.1. The molecule has 1 heterocycles. The van der Waals surface area contributed by atoms with Crippen molar-refractivity contribution in [1.82, 2.24) is 9.97 Å². The van der Waals surface area contributed by atoms with Crippen molar-refractivity contribution in [1.29, 1.82) is 0 Å². The second-order valence-electron chi connectivity index (χ2n) is 1.82. The normalized spacial score (nSPS) is 8.75. The third-order valence-electron chi connectivity index (χ3n) is 1.09. The molecule has 0 amide bonds. The Morgan fingerprint density at radius 2 is 2.58 bits per heavy atom. The van der Waals surface area contributed by atoms with Gasteiger partial charge in [0.05, 0.1) is 5.75 Å². The lowest BCUT2D eigenvalue weighted by atomic mass is 10.4. The van der Waals surface area contributed by atoms with Crippen molar-refractivity contribution in [2.75, 3.05) is 5.75 Å². The molecule has 6 heteroatoms. The average molecular weight is 183 g/mol. The lowest BCUT2D eigenvalue weighted by Gasteiger charge is -1.87. The van der Waals surface area contributed by atoms with Gasteiger partial charge in [-0.05, 0) is 10.8 Å². The summed E-state index contributed by atoms with van der Waals surface area (Å²) in [5.41, 5.74) is 0.147. The van der Waals surface area contributed by atoms with Crippen LogP contribution in [-0.4, -0.2) is 20.6 Å². The average Bonchev–Trinajstić information content (AvgIpc) is 2.48. The number of imidazole rings is 1. The summed E-state index contributed by atoms with van der Waals surface area (Å²) in [6.45, 7) is 0. The Morgan fingerprint density at radius 1 is 1.83 bits per heavy atom. The first kappa shape index (κ1) is 8.62. The summed E-state index contributed by atoms with van der Waals surface area (Å²) in [4.78, 5) is 15.8. The Morgan fingerprint density at radius 3 is 3.17 bits per heavy atom. The quantitative estimate of drug-likeness (QED) is 0.290. The van der Waals surface area contributed by atoms with Gasteiger partial charge in [-0.3, -0.25) is 0 Å². The molecule has 1 N–H and O–H groups in total. The number of H-pyrrole nitrogens is 1. The number of aromatic nitrogens is 2. The first-order valence-corrected chi connectivity index (χ1v) is 3.66. The highest BCUT2D eigenvalue weighted by molar-refractivity contribution is 7.80. The number of hydrogen-bond donors (Lipinski definition) is 2. The molecule has 1 aromatic heterocycles. The smallest absolute Gasteiger partial charge is 0.356 e. The van der Waals surface area contributed by atoms with Gasteiger partial charge in [0.15, 0.2) is 6.33 Å². The van der Waals surface area contributed by atoms with Crippen molar-refractivity contribution in [3.8, 4) is 11.8 Å². The molecule has 0 radical (unpaired) electrons. The van der Waals surface area contributed by atoms with Crippen LogP contribution in [0.1, 0.15) is 5.69 Å². The fourth-order valence-electron chi connectivity index (χ4n) is 0.641. The van der Waals surface area contributed by atoms with Crippen molar-refractivity contribution < 1.29 is 4.92 Å². The highest BCUT2D eigenvalue weighted by Gasteiger charge is 2.11. The maximum atomic E-state index is 10.3. The Hall–Kier alpha value is -1.48. The first-order valence-electron chi connectivity index (χ1n) is 3.03. The van der Waals surface area contributed by atoms with Crippen molar-refractivity contribution in [3.05, 3.63) is 22.1 Å². The van der Waals surface area contributed by atoms with Crippen molar-refractivity contribution in [3.63, 3.8) is 0 Å². The minimum atomic E-state index is -0.560. The fourth-order valence-corrected chi connectivity index (χ4v) is 0.720. The molecule has 0 atom stereocenters. The summed E-state index contributed by atoms with van der Waals surface area (Å²) < 4.78 is 0. The van der Waals surface area contributed by atoms with Crippen LogP contribution < -0.4 is 0 Å². The van der Waals surface area contributed by atoms with Crippen LogP contribution in [-0.2, 0) is 0 Å². The molecule has 1 aromatic rings. The molecular formula is C6H5N3O2S. The van der Waals surface area contributed by atoms with Gasteiger partial charge < -0.3 is 10.1 Å². The van der Waals surface area contributed by atoms with Gasteiger partial charge in [0.1, 0.15) is 0 Å². The SMILES string of the molecule is O=[N+]([O-])c1[nH]cnc1C#CCS. The summed E-state index contributed by atoms with van der Waals surface area (Å²) in [6.07, 6.45) is 1.24. The summed E-state index contributed by atoms with van der Waals surface area (Å²) >= 11 is 3.84. The Labute approximate surface area is 73.8 Å². The zero-order valence-corrected chi connectivity index (χ0v) is 6.84. The second kappa shape index (κ2) is 3.78. The third-order valence-corrected chi connectivity index (χ3v) is 1.25. The van der Waals surface area contributed by atoms with E-state index in [1.165, 1.54) is 6.33 Å². The van der Waals surface area contributed by atoms with E-state index in [-0.39, 0.29) is 11.5 Å². The molecule has 0 aliphatic heterocycles. The minimum absolute atomic E-state index is 0.147. The maximum absolute atomic E-state index is 10.3. The van der Waals surface area contributed by atoms with Crippen molar-refractivity contribution in [2.24, 2.45) is 0 Å². The predicted molar refractivity (Wildman–Crippen MR) is 46.0 cm³/mol. The van der Waals surface area contributed by atoms with Gasteiger partial charge in [0.2, 0.25) is 5.69 Å². The number of thiol groups is 1.